The van der Waals surface area contributed by atoms with Crippen molar-refractivity contribution in [2.75, 3.05) is 13.1 Å². The molecule has 2 fully saturated rings. The van der Waals surface area contributed by atoms with E-state index >= 15 is 0 Å². The van der Waals surface area contributed by atoms with Gasteiger partial charge in [-0.1, -0.05) is 13.8 Å². The Morgan fingerprint density at radius 3 is 2.27 bits per heavy atom. The summed E-state index contributed by atoms with van der Waals surface area (Å²) in [4.78, 5) is 12.4. The molecule has 0 unspecified atom stereocenters. The number of piperidine rings is 1. The van der Waals surface area contributed by atoms with Crippen LogP contribution in [0, 0.1) is 5.92 Å². The topological polar surface area (TPSA) is 50.4 Å². The quantitative estimate of drug-likeness (QED) is 0.719. The Labute approximate surface area is 147 Å². The van der Waals surface area contributed by atoms with E-state index in [4.69, 9.17) is 4.74 Å². The van der Waals surface area contributed by atoms with Gasteiger partial charge in [-0.25, -0.2) is 0 Å². The van der Waals surface area contributed by atoms with Gasteiger partial charge in [-0.05, 0) is 64.0 Å². The number of halogens is 2. The van der Waals surface area contributed by atoms with Gasteiger partial charge >= 0.3 is 5.97 Å². The second kappa shape index (κ2) is 11.5. The van der Waals surface area contributed by atoms with E-state index in [2.05, 4.69) is 24.5 Å². The first-order valence-corrected chi connectivity index (χ1v) is 8.32. The lowest BCUT2D eigenvalue weighted by molar-refractivity contribution is -0.152. The second-order valence-corrected chi connectivity index (χ2v) is 6.72. The average Bonchev–Trinajstić information content (AvgIpc) is 2.91. The molecule has 132 valence electrons. The molecule has 1 saturated carbocycles. The highest BCUT2D eigenvalue weighted by Crippen LogP contribution is 2.22. The SMILES string of the molecule is CC(C)C[C@H](NC1CCNCC1)C(=O)OC1CCCC1.Cl.Cl. The van der Waals surface area contributed by atoms with Gasteiger partial charge in [0.2, 0.25) is 0 Å². The van der Waals surface area contributed by atoms with Gasteiger partial charge in [0.15, 0.2) is 0 Å². The lowest BCUT2D eigenvalue weighted by Crippen LogP contribution is -2.49. The molecule has 1 aliphatic carbocycles. The van der Waals surface area contributed by atoms with Crippen LogP contribution >= 0.6 is 24.8 Å². The van der Waals surface area contributed by atoms with Crippen LogP contribution in [-0.4, -0.2) is 37.2 Å². The molecule has 0 spiro atoms. The van der Waals surface area contributed by atoms with Gasteiger partial charge in [0.1, 0.15) is 12.1 Å². The van der Waals surface area contributed by atoms with Gasteiger partial charge in [0.05, 0.1) is 0 Å². The fourth-order valence-corrected chi connectivity index (χ4v) is 3.23. The summed E-state index contributed by atoms with van der Waals surface area (Å²) in [5, 5.41) is 6.91. The number of ether oxygens (including phenoxy) is 1. The van der Waals surface area contributed by atoms with Crippen LogP contribution < -0.4 is 10.6 Å². The van der Waals surface area contributed by atoms with Crippen molar-refractivity contribution in [3.63, 3.8) is 0 Å². The number of rotatable bonds is 6. The molecule has 4 nitrogen and oxygen atoms in total. The van der Waals surface area contributed by atoms with E-state index in [1.807, 2.05) is 0 Å². The Morgan fingerprint density at radius 1 is 1.14 bits per heavy atom. The molecule has 1 heterocycles. The predicted octanol–water partition coefficient (Wildman–Crippen LogP) is 3.07. The molecule has 2 aliphatic rings. The zero-order valence-electron chi connectivity index (χ0n) is 13.8. The van der Waals surface area contributed by atoms with Crippen molar-refractivity contribution < 1.29 is 9.53 Å². The van der Waals surface area contributed by atoms with Crippen LogP contribution in [0.1, 0.15) is 58.8 Å². The fraction of sp³-hybridized carbons (Fsp3) is 0.938. The first kappa shape index (κ1) is 22.0. The monoisotopic (exact) mass is 354 g/mol. The van der Waals surface area contributed by atoms with Crippen LogP contribution in [0.3, 0.4) is 0 Å². The zero-order chi connectivity index (χ0) is 14.4. The maximum atomic E-state index is 12.4. The van der Waals surface area contributed by atoms with Crippen molar-refractivity contribution in [1.82, 2.24) is 10.6 Å². The van der Waals surface area contributed by atoms with E-state index in [1.165, 1.54) is 12.8 Å². The van der Waals surface area contributed by atoms with E-state index in [0.717, 1.165) is 45.2 Å². The molecule has 1 saturated heterocycles. The van der Waals surface area contributed by atoms with Crippen LogP contribution in [0.2, 0.25) is 0 Å². The van der Waals surface area contributed by atoms with E-state index in [0.29, 0.717) is 12.0 Å². The molecule has 0 aromatic heterocycles. The Bertz CT molecular complexity index is 305. The van der Waals surface area contributed by atoms with E-state index in [1.54, 1.807) is 0 Å². The summed E-state index contributed by atoms with van der Waals surface area (Å²) in [6.45, 7) is 6.42. The maximum Gasteiger partial charge on any atom is 0.323 e. The average molecular weight is 355 g/mol. The maximum absolute atomic E-state index is 12.4. The number of carbonyl (C=O) groups excluding carboxylic acids is 1. The summed E-state index contributed by atoms with van der Waals surface area (Å²) in [5.41, 5.74) is 0. The Hall–Kier alpha value is -0.0300. The number of carbonyl (C=O) groups is 1. The number of nitrogens with one attached hydrogen (secondary N) is 2. The first-order chi connectivity index (χ1) is 9.65. The minimum atomic E-state index is -0.126. The molecule has 6 heteroatoms. The highest BCUT2D eigenvalue weighted by molar-refractivity contribution is 5.85. The Balaban J connectivity index is 0.00000220. The Morgan fingerprint density at radius 2 is 1.73 bits per heavy atom. The summed E-state index contributed by atoms with van der Waals surface area (Å²) in [5.74, 6) is 0.481. The lowest BCUT2D eigenvalue weighted by atomic mass is 10.00. The van der Waals surface area contributed by atoms with Crippen molar-refractivity contribution >= 4 is 30.8 Å². The standard InChI is InChI=1S/C16H30N2O2.2ClH/c1-12(2)11-15(18-13-7-9-17-10-8-13)16(19)20-14-5-3-4-6-14;;/h12-15,17-18H,3-11H2,1-2H3;2*1H/t15-;;/m0../s1. The highest BCUT2D eigenvalue weighted by Gasteiger charge is 2.28. The van der Waals surface area contributed by atoms with Gasteiger partial charge in [0, 0.05) is 6.04 Å². The third-order valence-electron chi connectivity index (χ3n) is 4.35. The number of hydrogen-bond donors (Lipinski definition) is 2. The van der Waals surface area contributed by atoms with Crippen LogP contribution in [0.4, 0.5) is 0 Å². The van der Waals surface area contributed by atoms with E-state index in [-0.39, 0.29) is 42.9 Å². The summed E-state index contributed by atoms with van der Waals surface area (Å²) in [6.07, 6.45) is 7.75. The fourth-order valence-electron chi connectivity index (χ4n) is 3.23. The van der Waals surface area contributed by atoms with Crippen LogP contribution in [0.15, 0.2) is 0 Å². The van der Waals surface area contributed by atoms with Crippen molar-refractivity contribution in [2.45, 2.75) is 77.0 Å². The molecule has 1 atom stereocenters. The molecule has 0 aromatic carbocycles. The van der Waals surface area contributed by atoms with Gasteiger partial charge in [0.25, 0.3) is 0 Å². The molecular formula is C16H32Cl2N2O2. The summed E-state index contributed by atoms with van der Waals surface area (Å²) >= 11 is 0. The third-order valence-corrected chi connectivity index (χ3v) is 4.35. The molecule has 1 aliphatic heterocycles. The van der Waals surface area contributed by atoms with Gasteiger partial charge in [-0.15, -0.1) is 24.8 Å². The van der Waals surface area contributed by atoms with Crippen molar-refractivity contribution in [1.29, 1.82) is 0 Å². The van der Waals surface area contributed by atoms with Gasteiger partial charge < -0.3 is 15.4 Å². The molecular weight excluding hydrogens is 323 g/mol. The van der Waals surface area contributed by atoms with Crippen molar-refractivity contribution in [3.05, 3.63) is 0 Å². The molecule has 2 N–H and O–H groups in total. The van der Waals surface area contributed by atoms with Gasteiger partial charge in [-0.3, -0.25) is 4.79 Å². The highest BCUT2D eigenvalue weighted by atomic mass is 35.5. The minimum Gasteiger partial charge on any atom is -0.461 e. The smallest absolute Gasteiger partial charge is 0.323 e. The van der Waals surface area contributed by atoms with E-state index in [9.17, 15) is 4.79 Å². The van der Waals surface area contributed by atoms with E-state index < -0.39 is 0 Å². The lowest BCUT2D eigenvalue weighted by Gasteiger charge is -2.29. The molecule has 0 radical (unpaired) electrons. The summed E-state index contributed by atoms with van der Waals surface area (Å²) in [6, 6.07) is 0.329. The minimum absolute atomic E-state index is 0. The van der Waals surface area contributed by atoms with Crippen molar-refractivity contribution in [2.24, 2.45) is 5.92 Å². The van der Waals surface area contributed by atoms with Crippen molar-refractivity contribution in [3.8, 4) is 0 Å². The third kappa shape index (κ3) is 7.49. The molecule has 0 amide bonds. The largest absolute Gasteiger partial charge is 0.461 e. The number of hydrogen-bond acceptors (Lipinski definition) is 4. The molecule has 22 heavy (non-hydrogen) atoms. The summed E-state index contributed by atoms with van der Waals surface area (Å²) in [7, 11) is 0. The molecule has 0 bridgehead atoms. The molecule has 0 aromatic rings. The van der Waals surface area contributed by atoms with Crippen LogP contribution in [0.25, 0.3) is 0 Å². The summed E-state index contributed by atoms with van der Waals surface area (Å²) < 4.78 is 5.70. The van der Waals surface area contributed by atoms with Crippen LogP contribution in [0.5, 0.6) is 0 Å². The normalized spacial score (nSPS) is 21.0. The first-order valence-electron chi connectivity index (χ1n) is 8.32. The predicted molar refractivity (Wildman–Crippen MR) is 95.1 cm³/mol. The van der Waals surface area contributed by atoms with Crippen LogP contribution in [-0.2, 0) is 9.53 Å². The molecule has 2 rings (SSSR count). The Kier molecular flexibility index (Phi) is 11.5. The van der Waals surface area contributed by atoms with Gasteiger partial charge in [-0.2, -0.15) is 0 Å². The second-order valence-electron chi connectivity index (χ2n) is 6.72. The number of esters is 1. The zero-order valence-corrected chi connectivity index (χ0v) is 15.4.